The molecule has 5 nitrogen and oxygen atoms in total. The molecule has 0 aliphatic heterocycles. The number of rotatable bonds is 1. The van der Waals surface area contributed by atoms with Crippen molar-refractivity contribution in [3.63, 3.8) is 0 Å². The minimum atomic E-state index is 0.482. The molecule has 0 spiro atoms. The summed E-state index contributed by atoms with van der Waals surface area (Å²) in [6, 6.07) is 5.46. The zero-order chi connectivity index (χ0) is 9.97. The van der Waals surface area contributed by atoms with Gasteiger partial charge in [0.25, 0.3) is 0 Å². The summed E-state index contributed by atoms with van der Waals surface area (Å²) in [7, 11) is 0. The van der Waals surface area contributed by atoms with Gasteiger partial charge in [-0.2, -0.15) is 10.4 Å². The molecule has 0 aliphatic rings. The SMILES string of the molecule is N#Cc1cnn(-c2ncccc2N)c1. The molecule has 14 heavy (non-hydrogen) atoms. The fourth-order valence-corrected chi connectivity index (χ4v) is 1.10. The third kappa shape index (κ3) is 1.29. The van der Waals surface area contributed by atoms with Crippen molar-refractivity contribution in [2.45, 2.75) is 0 Å². The molecule has 0 aliphatic carbocycles. The molecule has 0 fully saturated rings. The quantitative estimate of drug-likeness (QED) is 0.709. The van der Waals surface area contributed by atoms with E-state index in [0.717, 1.165) is 0 Å². The highest BCUT2D eigenvalue weighted by Gasteiger charge is 2.03. The van der Waals surface area contributed by atoms with Crippen molar-refractivity contribution in [2.75, 3.05) is 5.73 Å². The van der Waals surface area contributed by atoms with Crippen LogP contribution in [0.5, 0.6) is 0 Å². The molecule has 2 heterocycles. The van der Waals surface area contributed by atoms with Crippen LogP contribution in [-0.4, -0.2) is 14.8 Å². The molecule has 2 N–H and O–H groups in total. The first-order valence-electron chi connectivity index (χ1n) is 3.97. The zero-order valence-corrected chi connectivity index (χ0v) is 7.25. The van der Waals surface area contributed by atoms with Gasteiger partial charge < -0.3 is 5.73 Å². The molecule has 0 aromatic carbocycles. The fraction of sp³-hybridized carbons (Fsp3) is 0. The van der Waals surface area contributed by atoms with Crippen molar-refractivity contribution in [1.29, 1.82) is 5.26 Å². The van der Waals surface area contributed by atoms with Crippen LogP contribution in [0.1, 0.15) is 5.56 Å². The van der Waals surface area contributed by atoms with Crippen LogP contribution >= 0.6 is 0 Å². The molecule has 0 unspecified atom stereocenters. The predicted molar refractivity (Wildman–Crippen MR) is 50.5 cm³/mol. The van der Waals surface area contributed by atoms with E-state index >= 15 is 0 Å². The number of pyridine rings is 1. The number of hydrogen-bond donors (Lipinski definition) is 1. The van der Waals surface area contributed by atoms with Crippen molar-refractivity contribution in [3.8, 4) is 11.9 Å². The van der Waals surface area contributed by atoms with Gasteiger partial charge in [0.1, 0.15) is 6.07 Å². The second-order valence-corrected chi connectivity index (χ2v) is 2.70. The summed E-state index contributed by atoms with van der Waals surface area (Å²) in [6.45, 7) is 0. The van der Waals surface area contributed by atoms with Crippen LogP contribution in [0.3, 0.4) is 0 Å². The molecule has 0 bridgehead atoms. The predicted octanol–water partition coefficient (Wildman–Crippen LogP) is 0.721. The highest BCUT2D eigenvalue weighted by molar-refractivity contribution is 5.52. The molecule has 0 saturated carbocycles. The van der Waals surface area contributed by atoms with Gasteiger partial charge in [0.2, 0.25) is 0 Å². The number of hydrogen-bond acceptors (Lipinski definition) is 4. The van der Waals surface area contributed by atoms with E-state index in [4.69, 9.17) is 11.0 Å². The summed E-state index contributed by atoms with van der Waals surface area (Å²) in [5, 5.41) is 12.6. The lowest BCUT2D eigenvalue weighted by molar-refractivity contribution is 0.850. The van der Waals surface area contributed by atoms with Gasteiger partial charge in [0.15, 0.2) is 5.82 Å². The molecule has 2 rings (SSSR count). The first-order valence-corrected chi connectivity index (χ1v) is 3.97. The summed E-state index contributed by atoms with van der Waals surface area (Å²) in [4.78, 5) is 4.06. The third-order valence-corrected chi connectivity index (χ3v) is 1.75. The number of nitriles is 1. The fourth-order valence-electron chi connectivity index (χ4n) is 1.10. The van der Waals surface area contributed by atoms with Crippen molar-refractivity contribution < 1.29 is 0 Å². The van der Waals surface area contributed by atoms with Crippen LogP contribution in [0.15, 0.2) is 30.7 Å². The number of aromatic nitrogens is 3. The molecule has 2 aromatic rings. The normalized spacial score (nSPS) is 9.64. The average molecular weight is 185 g/mol. The van der Waals surface area contributed by atoms with Crippen molar-refractivity contribution in [3.05, 3.63) is 36.3 Å². The van der Waals surface area contributed by atoms with Crippen LogP contribution < -0.4 is 5.73 Å². The monoisotopic (exact) mass is 185 g/mol. The van der Waals surface area contributed by atoms with E-state index in [-0.39, 0.29) is 0 Å². The Balaban J connectivity index is 2.51. The maximum atomic E-state index is 8.61. The van der Waals surface area contributed by atoms with Crippen molar-refractivity contribution >= 4 is 5.69 Å². The van der Waals surface area contributed by atoms with Gasteiger partial charge in [-0.25, -0.2) is 9.67 Å². The summed E-state index contributed by atoms with van der Waals surface area (Å²) in [5.74, 6) is 0.536. The molecule has 0 radical (unpaired) electrons. The number of nitrogens with zero attached hydrogens (tertiary/aromatic N) is 4. The van der Waals surface area contributed by atoms with E-state index in [0.29, 0.717) is 17.1 Å². The van der Waals surface area contributed by atoms with Gasteiger partial charge in [-0.1, -0.05) is 0 Å². The van der Waals surface area contributed by atoms with Crippen molar-refractivity contribution in [2.24, 2.45) is 0 Å². The van der Waals surface area contributed by atoms with Gasteiger partial charge in [-0.15, -0.1) is 0 Å². The molecule has 0 saturated heterocycles. The first kappa shape index (κ1) is 8.26. The third-order valence-electron chi connectivity index (χ3n) is 1.75. The number of nitrogen functional groups attached to an aromatic ring is 1. The van der Waals surface area contributed by atoms with E-state index in [9.17, 15) is 0 Å². The summed E-state index contributed by atoms with van der Waals surface area (Å²) in [5.41, 5.74) is 6.71. The first-order chi connectivity index (χ1) is 6.81. The smallest absolute Gasteiger partial charge is 0.176 e. The lowest BCUT2D eigenvalue weighted by atomic mass is 10.4. The summed E-state index contributed by atoms with van der Waals surface area (Å²) in [6.07, 6.45) is 4.67. The van der Waals surface area contributed by atoms with Gasteiger partial charge in [0, 0.05) is 6.20 Å². The molecule has 0 atom stereocenters. The molecule has 2 aromatic heterocycles. The average Bonchev–Trinajstić information content (AvgIpc) is 2.67. The maximum Gasteiger partial charge on any atom is 0.176 e. The largest absolute Gasteiger partial charge is 0.396 e. The Morgan fingerprint density at radius 2 is 2.36 bits per heavy atom. The number of anilines is 1. The highest BCUT2D eigenvalue weighted by atomic mass is 15.3. The van der Waals surface area contributed by atoms with Crippen LogP contribution in [-0.2, 0) is 0 Å². The van der Waals surface area contributed by atoms with E-state index < -0.39 is 0 Å². The second kappa shape index (κ2) is 3.18. The Morgan fingerprint density at radius 1 is 1.50 bits per heavy atom. The minimum Gasteiger partial charge on any atom is -0.396 e. The van der Waals surface area contributed by atoms with Gasteiger partial charge in [-0.05, 0) is 12.1 Å². The maximum absolute atomic E-state index is 8.61. The second-order valence-electron chi connectivity index (χ2n) is 2.70. The molecular formula is C9H7N5. The van der Waals surface area contributed by atoms with Crippen molar-refractivity contribution in [1.82, 2.24) is 14.8 Å². The van der Waals surface area contributed by atoms with E-state index in [1.54, 1.807) is 24.5 Å². The topological polar surface area (TPSA) is 80.5 Å². The van der Waals surface area contributed by atoms with Crippen LogP contribution in [0, 0.1) is 11.3 Å². The Hall–Kier alpha value is -2.35. The number of nitrogens with two attached hydrogens (primary N) is 1. The van der Waals surface area contributed by atoms with Gasteiger partial charge in [0.05, 0.1) is 23.6 Å². The summed E-state index contributed by atoms with van der Waals surface area (Å²) >= 11 is 0. The van der Waals surface area contributed by atoms with Gasteiger partial charge in [-0.3, -0.25) is 0 Å². The minimum absolute atomic E-state index is 0.482. The van der Waals surface area contributed by atoms with Crippen LogP contribution in [0.4, 0.5) is 5.69 Å². The molecule has 5 heteroatoms. The molecule has 68 valence electrons. The lowest BCUT2D eigenvalue weighted by Gasteiger charge is -2.01. The van der Waals surface area contributed by atoms with Crippen LogP contribution in [0.25, 0.3) is 5.82 Å². The van der Waals surface area contributed by atoms with E-state index in [1.165, 1.54) is 10.9 Å². The Morgan fingerprint density at radius 3 is 3.00 bits per heavy atom. The van der Waals surface area contributed by atoms with Gasteiger partial charge >= 0.3 is 0 Å². The molecule has 0 amide bonds. The standard InChI is InChI=1S/C9H7N5/c10-4-7-5-13-14(6-7)9-8(11)2-1-3-12-9/h1-3,5-6H,11H2. The lowest BCUT2D eigenvalue weighted by Crippen LogP contribution is -2.02. The van der Waals surface area contributed by atoms with E-state index in [2.05, 4.69) is 10.1 Å². The highest BCUT2D eigenvalue weighted by Crippen LogP contribution is 2.12. The zero-order valence-electron chi connectivity index (χ0n) is 7.25. The Kier molecular flexibility index (Phi) is 1.88. The Bertz CT molecular complexity index is 494. The van der Waals surface area contributed by atoms with Crippen LogP contribution in [0.2, 0.25) is 0 Å². The molecular weight excluding hydrogens is 178 g/mol. The summed E-state index contributed by atoms with van der Waals surface area (Å²) < 4.78 is 1.48. The van der Waals surface area contributed by atoms with E-state index in [1.807, 2.05) is 6.07 Å². The Labute approximate surface area is 80.4 Å².